The number of hydrogen-bond acceptors (Lipinski definition) is 2. The number of benzene rings is 1. The van der Waals surface area contributed by atoms with Gasteiger partial charge in [-0.2, -0.15) is 0 Å². The highest BCUT2D eigenvalue weighted by Gasteiger charge is 2.20. The highest BCUT2D eigenvalue weighted by atomic mass is 79.9. The van der Waals surface area contributed by atoms with Crippen LogP contribution in [-0.4, -0.2) is 0 Å². The fourth-order valence-corrected chi connectivity index (χ4v) is 2.62. The molecule has 1 unspecified atom stereocenters. The zero-order valence-electron chi connectivity index (χ0n) is 12.3. The Labute approximate surface area is 129 Å². The Balaban J connectivity index is 2.07. The zero-order valence-corrected chi connectivity index (χ0v) is 13.9. The first kappa shape index (κ1) is 15.3. The van der Waals surface area contributed by atoms with Crippen LogP contribution >= 0.6 is 15.9 Å². The van der Waals surface area contributed by atoms with E-state index in [-0.39, 0.29) is 5.41 Å². The molecular weight excluding hydrogens is 314 g/mol. The van der Waals surface area contributed by atoms with Crippen LogP contribution < -0.4 is 5.32 Å². The minimum absolute atomic E-state index is 0.275. The molecule has 0 aliphatic rings. The largest absolute Gasteiger partial charge is 0.453 e. The molecule has 1 aromatic carbocycles. The predicted molar refractivity (Wildman–Crippen MR) is 86.5 cm³/mol. The van der Waals surface area contributed by atoms with E-state index in [1.807, 2.05) is 12.1 Å². The number of hydrogen-bond donors (Lipinski definition) is 1. The topological polar surface area (TPSA) is 25.2 Å². The van der Waals surface area contributed by atoms with Gasteiger partial charge in [0.25, 0.3) is 0 Å². The maximum atomic E-state index is 5.55. The standard InChI is InChI=1S/C17H22BrNO/c1-17(2,3)11-15(13-7-5-4-6-8-13)19-12-14-9-10-16(18)20-14/h4-10,15,19H,11-12H2,1-3H3. The van der Waals surface area contributed by atoms with Crippen molar-refractivity contribution in [3.63, 3.8) is 0 Å². The van der Waals surface area contributed by atoms with Crippen molar-refractivity contribution < 1.29 is 4.42 Å². The van der Waals surface area contributed by atoms with Crippen molar-refractivity contribution in [2.24, 2.45) is 5.41 Å². The SMILES string of the molecule is CC(C)(C)CC(NCc1ccc(Br)o1)c1ccccc1. The molecule has 0 saturated heterocycles. The van der Waals surface area contributed by atoms with Crippen molar-refractivity contribution in [2.75, 3.05) is 0 Å². The van der Waals surface area contributed by atoms with Crippen LogP contribution in [0.3, 0.4) is 0 Å². The predicted octanol–water partition coefficient (Wildman–Crippen LogP) is 5.31. The van der Waals surface area contributed by atoms with Crippen LogP contribution in [-0.2, 0) is 6.54 Å². The number of rotatable bonds is 5. The lowest BCUT2D eigenvalue weighted by Crippen LogP contribution is -2.25. The molecule has 2 aromatic rings. The quantitative estimate of drug-likeness (QED) is 0.800. The van der Waals surface area contributed by atoms with E-state index in [1.165, 1.54) is 5.56 Å². The van der Waals surface area contributed by atoms with Gasteiger partial charge < -0.3 is 9.73 Å². The lowest BCUT2D eigenvalue weighted by atomic mass is 9.85. The first-order chi connectivity index (χ1) is 9.44. The molecule has 108 valence electrons. The van der Waals surface area contributed by atoms with Gasteiger partial charge in [0.05, 0.1) is 6.54 Å². The van der Waals surface area contributed by atoms with Crippen LogP contribution in [0.5, 0.6) is 0 Å². The summed E-state index contributed by atoms with van der Waals surface area (Å²) in [6.07, 6.45) is 1.08. The van der Waals surface area contributed by atoms with Crippen LogP contribution in [0.15, 0.2) is 51.6 Å². The Morgan fingerprint density at radius 1 is 1.10 bits per heavy atom. The van der Waals surface area contributed by atoms with Gasteiger partial charge >= 0.3 is 0 Å². The van der Waals surface area contributed by atoms with Gasteiger partial charge in [0.2, 0.25) is 0 Å². The summed E-state index contributed by atoms with van der Waals surface area (Å²) >= 11 is 3.34. The van der Waals surface area contributed by atoms with Crippen molar-refractivity contribution in [1.82, 2.24) is 5.32 Å². The van der Waals surface area contributed by atoms with Gasteiger partial charge in [0.15, 0.2) is 4.67 Å². The fraction of sp³-hybridized carbons (Fsp3) is 0.412. The van der Waals surface area contributed by atoms with Gasteiger partial charge in [0, 0.05) is 6.04 Å². The Morgan fingerprint density at radius 3 is 2.35 bits per heavy atom. The lowest BCUT2D eigenvalue weighted by molar-refractivity contribution is 0.303. The second-order valence-electron chi connectivity index (χ2n) is 6.31. The third-order valence-corrected chi connectivity index (χ3v) is 3.60. The monoisotopic (exact) mass is 335 g/mol. The van der Waals surface area contributed by atoms with E-state index in [0.717, 1.165) is 23.4 Å². The molecule has 0 radical (unpaired) electrons. The minimum atomic E-state index is 0.275. The first-order valence-corrected chi connectivity index (χ1v) is 7.76. The molecule has 1 aromatic heterocycles. The summed E-state index contributed by atoms with van der Waals surface area (Å²) in [7, 11) is 0. The molecule has 2 rings (SSSR count). The normalized spacial score (nSPS) is 13.4. The molecular formula is C17H22BrNO. The maximum Gasteiger partial charge on any atom is 0.169 e. The third kappa shape index (κ3) is 4.80. The second-order valence-corrected chi connectivity index (χ2v) is 7.10. The second kappa shape index (κ2) is 6.59. The van der Waals surface area contributed by atoms with Crippen LogP contribution in [0.1, 0.15) is 44.6 Å². The highest BCUT2D eigenvalue weighted by molar-refractivity contribution is 9.10. The van der Waals surface area contributed by atoms with Gasteiger partial charge in [-0.1, -0.05) is 51.1 Å². The van der Waals surface area contributed by atoms with E-state index in [9.17, 15) is 0 Å². The summed E-state index contributed by atoms with van der Waals surface area (Å²) in [5, 5.41) is 3.61. The number of nitrogens with one attached hydrogen (secondary N) is 1. The summed E-state index contributed by atoms with van der Waals surface area (Å²) in [6.45, 7) is 7.55. The summed E-state index contributed by atoms with van der Waals surface area (Å²) in [5.74, 6) is 0.951. The van der Waals surface area contributed by atoms with Crippen molar-refractivity contribution >= 4 is 15.9 Å². The molecule has 2 nitrogen and oxygen atoms in total. The summed E-state index contributed by atoms with van der Waals surface area (Å²) in [4.78, 5) is 0. The molecule has 0 spiro atoms. The molecule has 1 atom stereocenters. The summed E-state index contributed by atoms with van der Waals surface area (Å²) < 4.78 is 6.33. The van der Waals surface area contributed by atoms with Crippen molar-refractivity contribution in [2.45, 2.75) is 39.8 Å². The van der Waals surface area contributed by atoms with Crippen molar-refractivity contribution in [3.05, 3.63) is 58.5 Å². The highest BCUT2D eigenvalue weighted by Crippen LogP contribution is 2.29. The van der Waals surface area contributed by atoms with Crippen LogP contribution in [0, 0.1) is 5.41 Å². The molecule has 0 aliphatic heterocycles. The Kier molecular flexibility index (Phi) is 5.06. The van der Waals surface area contributed by atoms with E-state index in [4.69, 9.17) is 4.42 Å². The lowest BCUT2D eigenvalue weighted by Gasteiger charge is -2.27. The van der Waals surface area contributed by atoms with Crippen LogP contribution in [0.4, 0.5) is 0 Å². The zero-order chi connectivity index (χ0) is 14.6. The molecule has 1 heterocycles. The van der Waals surface area contributed by atoms with Crippen LogP contribution in [0.25, 0.3) is 0 Å². The van der Waals surface area contributed by atoms with Crippen molar-refractivity contribution in [1.29, 1.82) is 0 Å². The van der Waals surface area contributed by atoms with Gasteiger partial charge in [-0.3, -0.25) is 0 Å². The third-order valence-electron chi connectivity index (χ3n) is 3.17. The number of halogens is 1. The van der Waals surface area contributed by atoms with Gasteiger partial charge in [0.1, 0.15) is 5.76 Å². The molecule has 0 aliphatic carbocycles. The fourth-order valence-electron chi connectivity index (χ4n) is 2.28. The molecule has 20 heavy (non-hydrogen) atoms. The number of furan rings is 1. The van der Waals surface area contributed by atoms with E-state index >= 15 is 0 Å². The van der Waals surface area contributed by atoms with Crippen LogP contribution in [0.2, 0.25) is 0 Å². The van der Waals surface area contributed by atoms with E-state index in [2.05, 4.69) is 72.3 Å². The average Bonchev–Trinajstić information content (AvgIpc) is 2.80. The van der Waals surface area contributed by atoms with Gasteiger partial charge in [-0.15, -0.1) is 0 Å². The maximum absolute atomic E-state index is 5.55. The average molecular weight is 336 g/mol. The Hall–Kier alpha value is -1.06. The minimum Gasteiger partial charge on any atom is -0.453 e. The van der Waals surface area contributed by atoms with E-state index in [1.54, 1.807) is 0 Å². The van der Waals surface area contributed by atoms with Gasteiger partial charge in [-0.05, 0) is 45.5 Å². The summed E-state index contributed by atoms with van der Waals surface area (Å²) in [5.41, 5.74) is 1.60. The molecule has 0 bridgehead atoms. The van der Waals surface area contributed by atoms with E-state index < -0.39 is 0 Å². The smallest absolute Gasteiger partial charge is 0.169 e. The van der Waals surface area contributed by atoms with Crippen molar-refractivity contribution in [3.8, 4) is 0 Å². The molecule has 1 N–H and O–H groups in total. The Bertz CT molecular complexity index is 527. The molecule has 0 saturated carbocycles. The first-order valence-electron chi connectivity index (χ1n) is 6.96. The molecule has 0 fully saturated rings. The van der Waals surface area contributed by atoms with Gasteiger partial charge in [-0.25, -0.2) is 0 Å². The molecule has 0 amide bonds. The summed E-state index contributed by atoms with van der Waals surface area (Å²) in [6, 6.07) is 14.9. The van der Waals surface area contributed by atoms with E-state index in [0.29, 0.717) is 6.04 Å². The Morgan fingerprint density at radius 2 is 1.80 bits per heavy atom. The molecule has 3 heteroatoms.